The van der Waals surface area contributed by atoms with Crippen LogP contribution in [0.2, 0.25) is 0 Å². The average molecular weight is 446 g/mol. The second-order valence-corrected chi connectivity index (χ2v) is 4.24. The maximum Gasteiger partial charge on any atom is 0.328 e. The summed E-state index contributed by atoms with van der Waals surface area (Å²) in [7, 11) is 1.41. The molecule has 0 aliphatic heterocycles. The van der Waals surface area contributed by atoms with Crippen molar-refractivity contribution in [3.8, 4) is 0 Å². The zero-order valence-corrected chi connectivity index (χ0v) is 14.0. The Morgan fingerprint density at radius 1 is 0.950 bits per heavy atom. The van der Waals surface area contributed by atoms with Crippen molar-refractivity contribution in [1.82, 2.24) is 0 Å². The molecule has 0 bridgehead atoms. The normalized spacial score (nSPS) is 11.1. The van der Waals surface area contributed by atoms with Gasteiger partial charge in [0.15, 0.2) is 0 Å². The molecule has 2 aromatic rings. The number of methoxy groups -OCH3 is 1. The fourth-order valence-corrected chi connectivity index (χ4v) is 2.05. The second-order valence-electron chi connectivity index (χ2n) is 4.24. The third-order valence-corrected chi connectivity index (χ3v) is 3.00. The summed E-state index contributed by atoms with van der Waals surface area (Å²) in [6.07, 6.45) is 0. The molecular formula is C16H17NO2Os. The van der Waals surface area contributed by atoms with Crippen LogP contribution in [0.5, 0.6) is 0 Å². The number of esters is 1. The van der Waals surface area contributed by atoms with Gasteiger partial charge in [-0.1, -0.05) is 36.4 Å². The van der Waals surface area contributed by atoms with Crippen molar-refractivity contribution in [2.24, 2.45) is 0 Å². The predicted molar refractivity (Wildman–Crippen MR) is 76.5 cm³/mol. The number of hydrogen-bond acceptors (Lipinski definition) is 3. The number of hydrogen-bond donors (Lipinski definition) is 0. The predicted octanol–water partition coefficient (Wildman–Crippen LogP) is 3.38. The van der Waals surface area contributed by atoms with Crippen LogP contribution in [0.3, 0.4) is 0 Å². The van der Waals surface area contributed by atoms with Crippen LogP contribution in [0.15, 0.2) is 60.7 Å². The van der Waals surface area contributed by atoms with Crippen LogP contribution >= 0.6 is 0 Å². The van der Waals surface area contributed by atoms with Crippen molar-refractivity contribution >= 4 is 17.3 Å². The molecule has 0 radical (unpaired) electrons. The fraction of sp³-hybridized carbons (Fsp3) is 0.188. The molecule has 0 fully saturated rings. The molecule has 20 heavy (non-hydrogen) atoms. The topological polar surface area (TPSA) is 29.5 Å². The molecule has 0 saturated carbocycles. The van der Waals surface area contributed by atoms with Crippen LogP contribution < -0.4 is 4.90 Å². The Balaban J connectivity index is 0.00000200. The van der Waals surface area contributed by atoms with Gasteiger partial charge in [-0.05, 0) is 31.2 Å². The summed E-state index contributed by atoms with van der Waals surface area (Å²) in [5, 5.41) is 0. The minimum atomic E-state index is -0.380. The number of nitrogens with zero attached hydrogens (tertiary/aromatic N) is 1. The van der Waals surface area contributed by atoms with Gasteiger partial charge in [0, 0.05) is 31.2 Å². The standard InChI is InChI=1S/C16H17NO2.Os/c1-13(16(18)19-2)17(14-9-5-3-6-10-14)15-11-7-4-8-12-15;/h3-13H,1-2H3;. The van der Waals surface area contributed by atoms with Gasteiger partial charge in [0.25, 0.3) is 0 Å². The monoisotopic (exact) mass is 447 g/mol. The molecule has 0 aliphatic carbocycles. The number of carbonyl (C=O) groups is 1. The molecule has 3 nitrogen and oxygen atoms in total. The van der Waals surface area contributed by atoms with Crippen LogP contribution in [-0.2, 0) is 29.3 Å². The van der Waals surface area contributed by atoms with Gasteiger partial charge in [-0.15, -0.1) is 0 Å². The molecule has 4 heteroatoms. The Bertz CT molecular complexity index is 491. The van der Waals surface area contributed by atoms with Gasteiger partial charge in [-0.2, -0.15) is 0 Å². The smallest absolute Gasteiger partial charge is 0.328 e. The minimum absolute atomic E-state index is 0. The molecule has 0 saturated heterocycles. The van der Waals surface area contributed by atoms with Crippen molar-refractivity contribution in [3.63, 3.8) is 0 Å². The molecule has 0 aliphatic rings. The summed E-state index contributed by atoms with van der Waals surface area (Å²) in [5.41, 5.74) is 1.93. The molecule has 0 heterocycles. The molecule has 2 aromatic carbocycles. The molecule has 2 rings (SSSR count). The number of anilines is 2. The van der Waals surface area contributed by atoms with Crippen molar-refractivity contribution in [2.45, 2.75) is 13.0 Å². The van der Waals surface area contributed by atoms with E-state index >= 15 is 0 Å². The number of rotatable bonds is 4. The van der Waals surface area contributed by atoms with Crippen LogP contribution in [0.25, 0.3) is 0 Å². The fourth-order valence-electron chi connectivity index (χ4n) is 2.05. The van der Waals surface area contributed by atoms with Gasteiger partial charge in [0.1, 0.15) is 6.04 Å². The third kappa shape index (κ3) is 3.68. The first-order valence-electron chi connectivity index (χ1n) is 6.21. The minimum Gasteiger partial charge on any atom is -0.467 e. The summed E-state index contributed by atoms with van der Waals surface area (Å²) >= 11 is 0. The molecule has 0 N–H and O–H groups in total. The van der Waals surface area contributed by atoms with Crippen molar-refractivity contribution in [2.75, 3.05) is 12.0 Å². The van der Waals surface area contributed by atoms with E-state index in [1.54, 1.807) is 0 Å². The molecule has 106 valence electrons. The van der Waals surface area contributed by atoms with E-state index in [9.17, 15) is 4.79 Å². The first-order valence-corrected chi connectivity index (χ1v) is 6.21. The van der Waals surface area contributed by atoms with Gasteiger partial charge in [0.2, 0.25) is 0 Å². The zero-order valence-electron chi connectivity index (χ0n) is 11.5. The SMILES string of the molecule is COC(=O)C(C)N(c1ccccc1)c1ccccc1.[Os]. The first kappa shape index (κ1) is 16.4. The molecule has 0 amide bonds. The number of para-hydroxylation sites is 2. The Morgan fingerprint density at radius 3 is 1.70 bits per heavy atom. The van der Waals surface area contributed by atoms with E-state index in [0.29, 0.717) is 0 Å². The van der Waals surface area contributed by atoms with E-state index in [1.807, 2.05) is 72.5 Å². The maximum absolute atomic E-state index is 11.8. The molecule has 1 unspecified atom stereocenters. The Morgan fingerprint density at radius 2 is 1.35 bits per heavy atom. The number of benzene rings is 2. The van der Waals surface area contributed by atoms with Gasteiger partial charge in [-0.25, -0.2) is 4.79 Å². The van der Waals surface area contributed by atoms with E-state index < -0.39 is 0 Å². The number of carbonyl (C=O) groups excluding carboxylic acids is 1. The Hall–Kier alpha value is -1.65. The van der Waals surface area contributed by atoms with Crippen LogP contribution in [0, 0.1) is 0 Å². The molecule has 0 aromatic heterocycles. The summed E-state index contributed by atoms with van der Waals surface area (Å²) in [6, 6.07) is 19.3. The summed E-state index contributed by atoms with van der Waals surface area (Å²) in [4.78, 5) is 13.8. The van der Waals surface area contributed by atoms with E-state index in [4.69, 9.17) is 4.74 Å². The summed E-state index contributed by atoms with van der Waals surface area (Å²) in [5.74, 6) is -0.257. The van der Waals surface area contributed by atoms with E-state index in [2.05, 4.69) is 0 Å². The Kier molecular flexibility index (Phi) is 6.41. The Labute approximate surface area is 132 Å². The first-order chi connectivity index (χ1) is 9.24. The van der Waals surface area contributed by atoms with E-state index in [-0.39, 0.29) is 31.8 Å². The van der Waals surface area contributed by atoms with Gasteiger partial charge in [-0.3, -0.25) is 0 Å². The van der Waals surface area contributed by atoms with Crippen molar-refractivity contribution < 1.29 is 29.3 Å². The van der Waals surface area contributed by atoms with Crippen molar-refractivity contribution in [3.05, 3.63) is 60.7 Å². The van der Waals surface area contributed by atoms with Gasteiger partial charge >= 0.3 is 5.97 Å². The maximum atomic E-state index is 11.8. The van der Waals surface area contributed by atoms with Crippen molar-refractivity contribution in [1.29, 1.82) is 0 Å². The summed E-state index contributed by atoms with van der Waals surface area (Å²) in [6.45, 7) is 1.84. The quantitative estimate of drug-likeness (QED) is 0.676. The van der Waals surface area contributed by atoms with Crippen LogP contribution in [0.4, 0.5) is 11.4 Å². The molecule has 0 spiro atoms. The average Bonchev–Trinajstić information content (AvgIpc) is 2.49. The zero-order chi connectivity index (χ0) is 13.7. The molecule has 1 atom stereocenters. The number of ether oxygens (including phenoxy) is 1. The van der Waals surface area contributed by atoms with Crippen LogP contribution in [0.1, 0.15) is 6.92 Å². The molecular weight excluding hydrogens is 428 g/mol. The second kappa shape index (κ2) is 7.82. The largest absolute Gasteiger partial charge is 0.467 e. The van der Waals surface area contributed by atoms with Gasteiger partial charge in [0.05, 0.1) is 7.11 Å². The third-order valence-electron chi connectivity index (χ3n) is 3.00. The van der Waals surface area contributed by atoms with Crippen LogP contribution in [-0.4, -0.2) is 19.1 Å². The van der Waals surface area contributed by atoms with E-state index in [0.717, 1.165) is 11.4 Å². The van der Waals surface area contributed by atoms with Gasteiger partial charge < -0.3 is 9.64 Å². The summed E-state index contributed by atoms with van der Waals surface area (Å²) < 4.78 is 4.86. The van der Waals surface area contributed by atoms with E-state index in [1.165, 1.54) is 7.11 Å².